The molecule has 16 heteroatoms. The Bertz CT molecular complexity index is 2380. The van der Waals surface area contributed by atoms with Crippen molar-refractivity contribution in [2.24, 2.45) is 5.41 Å². The number of rotatable bonds is 8. The van der Waals surface area contributed by atoms with E-state index in [0.29, 0.717) is 25.2 Å². The van der Waals surface area contributed by atoms with E-state index >= 15 is 4.39 Å². The van der Waals surface area contributed by atoms with E-state index in [4.69, 9.17) is 0 Å². The summed E-state index contributed by atoms with van der Waals surface area (Å²) >= 11 is 0. The predicted octanol–water partition coefficient (Wildman–Crippen LogP) is 2.14. The monoisotopic (exact) mass is 761 g/mol. The third kappa shape index (κ3) is 6.27. The topological polar surface area (TPSA) is 181 Å². The number of nitrogens with zero attached hydrogens (tertiary/aromatic N) is 6. The van der Waals surface area contributed by atoms with Crippen LogP contribution in [0.25, 0.3) is 11.0 Å². The molecule has 0 unspecified atom stereocenters. The third-order valence-corrected chi connectivity index (χ3v) is 11.9. The molecule has 5 aliphatic rings. The normalized spacial score (nSPS) is 21.0. The van der Waals surface area contributed by atoms with Crippen LogP contribution < -0.4 is 26.0 Å². The van der Waals surface area contributed by atoms with Crippen LogP contribution in [0.15, 0.2) is 53.6 Å². The summed E-state index contributed by atoms with van der Waals surface area (Å²) in [6.07, 6.45) is 5.73. The Hall–Kier alpha value is -6.03. The maximum atomic E-state index is 15.3. The van der Waals surface area contributed by atoms with E-state index in [0.717, 1.165) is 84.4 Å². The number of aryl methyl sites for hydroxylation is 1. The van der Waals surface area contributed by atoms with E-state index in [-0.39, 0.29) is 52.6 Å². The molecule has 288 valence electrons. The number of hydrogen-bond donors (Lipinski definition) is 3. The number of hydrogen-bond acceptors (Lipinski definition) is 11. The molecule has 0 bridgehead atoms. The molecule has 1 aromatic carbocycles. The highest BCUT2D eigenvalue weighted by Crippen LogP contribution is 2.50. The van der Waals surface area contributed by atoms with Crippen molar-refractivity contribution in [2.45, 2.75) is 57.7 Å². The van der Waals surface area contributed by atoms with Crippen molar-refractivity contribution >= 4 is 51.9 Å². The SMILES string of the molecule is CCc1cc2ncc(CN3CCN(c4ccc(C(=O)NC5CC6(C5)CN(c5cc7c(cc5F)C(=O)N([C@H]5CCC(=O)NC5=O)C7=O)C6)nc4)CC3)cc2[nH]c1=O. The van der Waals surface area contributed by atoms with E-state index in [9.17, 15) is 28.8 Å². The first-order valence-electron chi connectivity index (χ1n) is 19.0. The van der Waals surface area contributed by atoms with Gasteiger partial charge in [-0.3, -0.25) is 48.9 Å². The van der Waals surface area contributed by atoms with E-state index in [1.165, 1.54) is 6.07 Å². The minimum Gasteiger partial charge on any atom is -0.368 e. The molecule has 4 aromatic rings. The van der Waals surface area contributed by atoms with Crippen molar-refractivity contribution in [1.82, 2.24) is 35.4 Å². The first kappa shape index (κ1) is 35.7. The predicted molar refractivity (Wildman–Crippen MR) is 202 cm³/mol. The molecule has 1 spiro atoms. The van der Waals surface area contributed by atoms with Crippen LogP contribution in [0.1, 0.15) is 74.9 Å². The van der Waals surface area contributed by atoms with Gasteiger partial charge >= 0.3 is 0 Å². The molecule has 3 saturated heterocycles. The lowest BCUT2D eigenvalue weighted by Crippen LogP contribution is -2.66. The quantitative estimate of drug-likeness (QED) is 0.224. The Morgan fingerprint density at radius 1 is 0.929 bits per heavy atom. The number of piperidine rings is 1. The number of H-pyrrole nitrogens is 1. The maximum absolute atomic E-state index is 15.3. The number of carbonyl (C=O) groups excluding carboxylic acids is 5. The zero-order valence-corrected chi connectivity index (χ0v) is 30.8. The van der Waals surface area contributed by atoms with Crippen LogP contribution in [0.5, 0.6) is 0 Å². The van der Waals surface area contributed by atoms with Crippen molar-refractivity contribution in [2.75, 3.05) is 49.1 Å². The Kier molecular flexibility index (Phi) is 8.67. The zero-order chi connectivity index (χ0) is 38.9. The third-order valence-electron chi connectivity index (χ3n) is 11.9. The molecule has 3 N–H and O–H groups in total. The molecule has 0 radical (unpaired) electrons. The second-order valence-corrected chi connectivity index (χ2v) is 15.6. The molecule has 5 amide bonds. The molecule has 1 aliphatic carbocycles. The summed E-state index contributed by atoms with van der Waals surface area (Å²) in [7, 11) is 0. The van der Waals surface area contributed by atoms with Gasteiger partial charge in [0.05, 0.1) is 39.7 Å². The molecule has 15 nitrogen and oxygen atoms in total. The number of aromatic amines is 1. The number of amides is 5. The summed E-state index contributed by atoms with van der Waals surface area (Å²) in [6, 6.07) is 8.80. The number of pyridine rings is 3. The van der Waals surface area contributed by atoms with Gasteiger partial charge < -0.3 is 20.1 Å². The summed E-state index contributed by atoms with van der Waals surface area (Å²) in [6.45, 7) is 7.04. The van der Waals surface area contributed by atoms with Crippen LogP contribution in [0.3, 0.4) is 0 Å². The summed E-state index contributed by atoms with van der Waals surface area (Å²) in [5.41, 5.74) is 4.58. The lowest BCUT2D eigenvalue weighted by atomic mass is 9.60. The van der Waals surface area contributed by atoms with Gasteiger partial charge in [-0.1, -0.05) is 6.92 Å². The van der Waals surface area contributed by atoms with Gasteiger partial charge in [-0.15, -0.1) is 0 Å². The molecule has 9 rings (SSSR count). The number of halogens is 1. The highest BCUT2D eigenvalue weighted by Gasteiger charge is 2.54. The number of carbonyl (C=O) groups is 5. The van der Waals surface area contributed by atoms with Gasteiger partial charge in [0.25, 0.3) is 23.3 Å². The van der Waals surface area contributed by atoms with Crippen LogP contribution in [0.4, 0.5) is 15.8 Å². The summed E-state index contributed by atoms with van der Waals surface area (Å²) in [4.78, 5) is 94.9. The zero-order valence-electron chi connectivity index (χ0n) is 30.8. The fraction of sp³-hybridized carbons (Fsp3) is 0.400. The first-order chi connectivity index (χ1) is 27.0. The van der Waals surface area contributed by atoms with Gasteiger partial charge in [0.15, 0.2) is 0 Å². The van der Waals surface area contributed by atoms with Gasteiger partial charge in [-0.25, -0.2) is 9.37 Å². The molecular weight excluding hydrogens is 721 g/mol. The Morgan fingerprint density at radius 2 is 1.68 bits per heavy atom. The van der Waals surface area contributed by atoms with Crippen molar-refractivity contribution in [3.05, 3.63) is 92.9 Å². The number of nitrogens with one attached hydrogen (secondary N) is 3. The Labute approximate surface area is 320 Å². The average molecular weight is 762 g/mol. The van der Waals surface area contributed by atoms with Crippen molar-refractivity contribution < 1.29 is 28.4 Å². The number of benzene rings is 1. The minimum atomic E-state index is -1.12. The fourth-order valence-corrected chi connectivity index (χ4v) is 8.91. The summed E-state index contributed by atoms with van der Waals surface area (Å²) in [5, 5.41) is 5.24. The van der Waals surface area contributed by atoms with Crippen LogP contribution in [0, 0.1) is 11.2 Å². The molecule has 1 atom stereocenters. The van der Waals surface area contributed by atoms with E-state index in [1.54, 1.807) is 12.3 Å². The first-order valence-corrected chi connectivity index (χ1v) is 19.0. The minimum absolute atomic E-state index is 0.00209. The summed E-state index contributed by atoms with van der Waals surface area (Å²) in [5.74, 6) is -3.48. The Balaban J connectivity index is 0.744. The molecular formula is C40H40FN9O6. The lowest BCUT2D eigenvalue weighted by Gasteiger charge is -2.59. The summed E-state index contributed by atoms with van der Waals surface area (Å²) < 4.78 is 15.3. The maximum Gasteiger partial charge on any atom is 0.270 e. The number of aromatic nitrogens is 3. The standard InChI is InChI=1S/C40H40FN9O6/c1-2-23-12-30-31(45-35(23)52)11-22(17-42-30)19-47-7-9-48(10-8-47)25-3-4-29(43-18-25)36(53)44-24-15-40(16-24)20-49(21-40)33-14-27-26(13-28(33)41)38(55)50(39(27)56)32-5-6-34(51)46-37(32)54/h3-4,11-14,17-18,24,32H,2,5-10,15-16,19-21H2,1H3,(H,44,53)(H,45,52)(H,46,51,54)/t32-/m0/s1. The highest BCUT2D eigenvalue weighted by molar-refractivity contribution is 6.23. The van der Waals surface area contributed by atoms with Crippen LogP contribution in [0.2, 0.25) is 0 Å². The van der Waals surface area contributed by atoms with Crippen molar-refractivity contribution in [1.29, 1.82) is 0 Å². The number of anilines is 2. The molecule has 4 aliphatic heterocycles. The molecule has 3 aromatic heterocycles. The Morgan fingerprint density at radius 3 is 2.38 bits per heavy atom. The van der Waals surface area contributed by atoms with E-state index in [2.05, 4.69) is 35.4 Å². The van der Waals surface area contributed by atoms with E-state index < -0.39 is 35.5 Å². The van der Waals surface area contributed by atoms with Crippen LogP contribution in [-0.4, -0.2) is 106 Å². The number of fused-ring (bicyclic) bond motifs is 2. The van der Waals surface area contributed by atoms with Gasteiger partial charge in [-0.2, -0.15) is 0 Å². The number of piperazine rings is 1. The molecule has 7 heterocycles. The second-order valence-electron chi connectivity index (χ2n) is 15.6. The number of imide groups is 2. The van der Waals surface area contributed by atoms with Crippen LogP contribution in [-0.2, 0) is 22.6 Å². The van der Waals surface area contributed by atoms with Gasteiger partial charge in [0.1, 0.15) is 17.6 Å². The highest BCUT2D eigenvalue weighted by atomic mass is 19.1. The molecule has 1 saturated carbocycles. The smallest absolute Gasteiger partial charge is 0.270 e. The van der Waals surface area contributed by atoms with Gasteiger partial charge in [-0.05, 0) is 67.6 Å². The van der Waals surface area contributed by atoms with Crippen molar-refractivity contribution in [3.8, 4) is 0 Å². The van der Waals surface area contributed by atoms with Gasteiger partial charge in [0, 0.05) is 75.5 Å². The lowest BCUT2D eigenvalue weighted by molar-refractivity contribution is -0.136. The van der Waals surface area contributed by atoms with Gasteiger partial charge in [0.2, 0.25) is 11.8 Å². The largest absolute Gasteiger partial charge is 0.368 e. The van der Waals surface area contributed by atoms with Crippen molar-refractivity contribution in [3.63, 3.8) is 0 Å². The van der Waals surface area contributed by atoms with E-state index in [1.807, 2.05) is 36.2 Å². The molecule has 4 fully saturated rings. The van der Waals surface area contributed by atoms with Crippen LogP contribution >= 0.6 is 0 Å². The second kappa shape index (κ2) is 13.6. The fourth-order valence-electron chi connectivity index (χ4n) is 8.91. The average Bonchev–Trinajstić information content (AvgIpc) is 3.39. The molecule has 56 heavy (non-hydrogen) atoms.